The Bertz CT molecular complexity index is 613. The lowest BCUT2D eigenvalue weighted by Crippen LogP contribution is -2.37. The summed E-state index contributed by atoms with van der Waals surface area (Å²) in [5.41, 5.74) is 1.55. The number of nitrogens with zero attached hydrogens (tertiary/aromatic N) is 1. The van der Waals surface area contributed by atoms with Crippen LogP contribution in [0.3, 0.4) is 0 Å². The van der Waals surface area contributed by atoms with Gasteiger partial charge in [0.15, 0.2) is 11.1 Å². The summed E-state index contributed by atoms with van der Waals surface area (Å²) in [5, 5.41) is 0. The maximum Gasteiger partial charge on any atom is 0.190 e. The van der Waals surface area contributed by atoms with Gasteiger partial charge in [-0.2, -0.15) is 0 Å². The van der Waals surface area contributed by atoms with E-state index >= 15 is 0 Å². The normalized spacial score (nSPS) is 20.1. The molecule has 4 nitrogen and oxygen atoms in total. The van der Waals surface area contributed by atoms with Crippen LogP contribution < -0.4 is 4.52 Å². The molecule has 1 saturated carbocycles. The first kappa shape index (κ1) is 21.8. The Morgan fingerprint density at radius 2 is 2.00 bits per heavy atom. The third-order valence-electron chi connectivity index (χ3n) is 5.46. The lowest BCUT2D eigenvalue weighted by molar-refractivity contribution is 0.128. The van der Waals surface area contributed by atoms with Crippen molar-refractivity contribution in [3.63, 3.8) is 0 Å². The number of hydrogen-bond acceptors (Lipinski definition) is 3. The summed E-state index contributed by atoms with van der Waals surface area (Å²) in [6, 6.07) is 6.10. The summed E-state index contributed by atoms with van der Waals surface area (Å²) in [7, 11) is 1.60. The maximum absolute atomic E-state index is 11.5. The molecule has 0 saturated heterocycles. The van der Waals surface area contributed by atoms with E-state index in [1.165, 1.54) is 25.7 Å². The van der Waals surface area contributed by atoms with E-state index in [9.17, 15) is 8.76 Å². The molecule has 1 aromatic rings. The second kappa shape index (κ2) is 9.64. The van der Waals surface area contributed by atoms with E-state index in [0.29, 0.717) is 22.1 Å². The smallest absolute Gasteiger partial charge is 0.190 e. The van der Waals surface area contributed by atoms with Gasteiger partial charge in [0.05, 0.1) is 8.15 Å². The standard InChI is InChI=1S/C20H34NO3PS/c1-16-7-8-19(26(22)23)18(15-16)24-25(5)14-6-13-21(4)17-9-11-20(2,3)12-10-17/h7-8,15,17H,6,9-14H2,1-5H3,(H,22,23). The van der Waals surface area contributed by atoms with Crippen LogP contribution in [0.2, 0.25) is 0 Å². The van der Waals surface area contributed by atoms with Crippen molar-refractivity contribution >= 4 is 19.2 Å². The van der Waals surface area contributed by atoms with E-state index in [2.05, 4.69) is 32.5 Å². The molecule has 0 aromatic heterocycles. The molecule has 1 aromatic carbocycles. The molecule has 148 valence electrons. The molecule has 26 heavy (non-hydrogen) atoms. The van der Waals surface area contributed by atoms with Gasteiger partial charge < -0.3 is 14.0 Å². The van der Waals surface area contributed by atoms with Crippen LogP contribution in [0, 0.1) is 12.3 Å². The largest absolute Gasteiger partial charge is 0.473 e. The van der Waals surface area contributed by atoms with Gasteiger partial charge in [-0.05, 0) is 82.4 Å². The number of hydrogen-bond donors (Lipinski definition) is 1. The predicted molar refractivity (Wildman–Crippen MR) is 112 cm³/mol. The Morgan fingerprint density at radius 1 is 1.35 bits per heavy atom. The third-order valence-corrected chi connectivity index (χ3v) is 7.63. The van der Waals surface area contributed by atoms with Gasteiger partial charge >= 0.3 is 0 Å². The van der Waals surface area contributed by atoms with E-state index in [4.69, 9.17) is 4.52 Å². The van der Waals surface area contributed by atoms with Gasteiger partial charge in [-0.3, -0.25) is 0 Å². The van der Waals surface area contributed by atoms with Crippen LogP contribution in [0.25, 0.3) is 0 Å². The third kappa shape index (κ3) is 6.60. The van der Waals surface area contributed by atoms with Crippen molar-refractivity contribution in [3.05, 3.63) is 23.8 Å². The van der Waals surface area contributed by atoms with E-state index in [1.54, 1.807) is 6.07 Å². The zero-order valence-electron chi connectivity index (χ0n) is 16.8. The molecular weight excluding hydrogens is 365 g/mol. The summed E-state index contributed by atoms with van der Waals surface area (Å²) in [4.78, 5) is 2.88. The van der Waals surface area contributed by atoms with Crippen LogP contribution in [0.15, 0.2) is 23.1 Å². The van der Waals surface area contributed by atoms with Gasteiger partial charge in [0.1, 0.15) is 10.6 Å². The average molecular weight is 400 g/mol. The van der Waals surface area contributed by atoms with Gasteiger partial charge in [-0.15, -0.1) is 0 Å². The van der Waals surface area contributed by atoms with Crippen molar-refractivity contribution in [2.75, 3.05) is 26.4 Å². The predicted octanol–water partition coefficient (Wildman–Crippen LogP) is 5.27. The average Bonchev–Trinajstić information content (AvgIpc) is 2.54. The van der Waals surface area contributed by atoms with E-state index < -0.39 is 19.2 Å². The van der Waals surface area contributed by atoms with Crippen molar-refractivity contribution in [3.8, 4) is 5.75 Å². The monoisotopic (exact) mass is 399 g/mol. The quantitative estimate of drug-likeness (QED) is 0.478. The topological polar surface area (TPSA) is 49.8 Å². The molecule has 1 aliphatic rings. The SMILES string of the molecule is Cc1ccc(S(=O)O)c(OP(C)CCCN(C)C2CCC(C)(C)CC2)c1. The molecule has 0 heterocycles. The molecule has 1 fully saturated rings. The summed E-state index contributed by atoms with van der Waals surface area (Å²) >= 11 is -2.01. The minimum absolute atomic E-state index is 0.367. The first-order valence-corrected chi connectivity index (χ1v) is 12.5. The first-order valence-electron chi connectivity index (χ1n) is 9.49. The summed E-state index contributed by atoms with van der Waals surface area (Å²) in [6.07, 6.45) is 7.34. The van der Waals surface area contributed by atoms with Crippen molar-refractivity contribution in [1.82, 2.24) is 4.90 Å². The molecule has 6 heteroatoms. The number of benzene rings is 1. The maximum atomic E-state index is 11.5. The van der Waals surface area contributed by atoms with Crippen LogP contribution in [0.5, 0.6) is 5.75 Å². The molecule has 0 aliphatic heterocycles. The van der Waals surface area contributed by atoms with Crippen LogP contribution in [-0.2, 0) is 11.1 Å². The molecule has 0 spiro atoms. The van der Waals surface area contributed by atoms with Crippen molar-refractivity contribution in [1.29, 1.82) is 0 Å². The zero-order valence-corrected chi connectivity index (χ0v) is 18.5. The van der Waals surface area contributed by atoms with Crippen molar-refractivity contribution in [2.24, 2.45) is 5.41 Å². The molecule has 2 rings (SSSR count). The number of aryl methyl sites for hydroxylation is 1. The molecule has 2 atom stereocenters. The minimum Gasteiger partial charge on any atom is -0.473 e. The highest BCUT2D eigenvalue weighted by Crippen LogP contribution is 2.39. The lowest BCUT2D eigenvalue weighted by atomic mass is 9.75. The van der Waals surface area contributed by atoms with Gasteiger partial charge in [0, 0.05) is 12.2 Å². The van der Waals surface area contributed by atoms with Gasteiger partial charge in [-0.25, -0.2) is 4.21 Å². The fraction of sp³-hybridized carbons (Fsp3) is 0.700. The minimum atomic E-state index is -2.01. The number of rotatable bonds is 8. The molecular formula is C20H34NO3PS. The Morgan fingerprint density at radius 3 is 2.62 bits per heavy atom. The molecule has 1 aliphatic carbocycles. The van der Waals surface area contributed by atoms with Crippen LogP contribution in [-0.4, -0.2) is 46.1 Å². The van der Waals surface area contributed by atoms with Gasteiger partial charge in [-0.1, -0.05) is 19.9 Å². The highest BCUT2D eigenvalue weighted by Gasteiger charge is 2.28. The molecule has 0 amide bonds. The highest BCUT2D eigenvalue weighted by molar-refractivity contribution is 7.79. The lowest BCUT2D eigenvalue weighted by Gasteiger charge is -2.38. The Balaban J connectivity index is 1.78. The Hall–Kier alpha value is -0.480. The van der Waals surface area contributed by atoms with Crippen molar-refractivity contribution < 1.29 is 13.3 Å². The van der Waals surface area contributed by atoms with Crippen LogP contribution in [0.4, 0.5) is 0 Å². The summed E-state index contributed by atoms with van der Waals surface area (Å²) in [6.45, 7) is 9.92. The molecule has 0 radical (unpaired) electrons. The van der Waals surface area contributed by atoms with E-state index in [0.717, 1.165) is 24.7 Å². The molecule has 1 N–H and O–H groups in total. The Kier molecular flexibility index (Phi) is 8.08. The molecule has 0 bridgehead atoms. The fourth-order valence-corrected chi connectivity index (χ4v) is 5.28. The van der Waals surface area contributed by atoms with Gasteiger partial charge in [0.25, 0.3) is 0 Å². The zero-order chi connectivity index (χ0) is 19.3. The van der Waals surface area contributed by atoms with E-state index in [1.807, 2.05) is 19.1 Å². The van der Waals surface area contributed by atoms with Crippen molar-refractivity contribution in [2.45, 2.75) is 63.8 Å². The Labute approximate surface area is 162 Å². The second-order valence-electron chi connectivity index (χ2n) is 8.37. The summed E-state index contributed by atoms with van der Waals surface area (Å²) in [5.74, 6) is 0.558. The van der Waals surface area contributed by atoms with Crippen LogP contribution >= 0.6 is 8.15 Å². The van der Waals surface area contributed by atoms with Crippen LogP contribution in [0.1, 0.15) is 51.5 Å². The van der Waals surface area contributed by atoms with Gasteiger partial charge in [0.2, 0.25) is 0 Å². The van der Waals surface area contributed by atoms with E-state index in [-0.39, 0.29) is 0 Å². The summed E-state index contributed by atoms with van der Waals surface area (Å²) < 4.78 is 26.9. The molecule has 2 unspecified atom stereocenters. The first-order chi connectivity index (χ1) is 12.2. The highest BCUT2D eigenvalue weighted by atomic mass is 32.2. The fourth-order valence-electron chi connectivity index (χ4n) is 3.59. The second-order valence-corrected chi connectivity index (χ2v) is 11.2.